The van der Waals surface area contributed by atoms with Crippen molar-refractivity contribution in [3.63, 3.8) is 0 Å². The lowest BCUT2D eigenvalue weighted by Gasteiger charge is -2.22. The summed E-state index contributed by atoms with van der Waals surface area (Å²) < 4.78 is 0. The molecule has 4 aromatic rings. The maximum absolute atomic E-state index is 12.7. The SMILES string of the molecule is CC1Cc2ccccc2N1c1ncc(C(=O)Nc2cccc3cccnc23)cn1. The van der Waals surface area contributed by atoms with Gasteiger partial charge in [-0.15, -0.1) is 0 Å². The topological polar surface area (TPSA) is 71.0 Å². The number of carbonyl (C=O) groups is 1. The van der Waals surface area contributed by atoms with Crippen molar-refractivity contribution >= 4 is 34.1 Å². The third-order valence-electron chi connectivity index (χ3n) is 5.20. The van der Waals surface area contributed by atoms with E-state index in [9.17, 15) is 4.79 Å². The average molecular weight is 381 g/mol. The molecule has 3 heterocycles. The van der Waals surface area contributed by atoms with Crippen LogP contribution >= 0.6 is 0 Å². The molecule has 0 bridgehead atoms. The van der Waals surface area contributed by atoms with Gasteiger partial charge < -0.3 is 10.2 Å². The van der Waals surface area contributed by atoms with Crippen molar-refractivity contribution in [1.29, 1.82) is 0 Å². The maximum Gasteiger partial charge on any atom is 0.258 e. The average Bonchev–Trinajstić information content (AvgIpc) is 3.10. The van der Waals surface area contributed by atoms with Crippen LogP contribution in [0.25, 0.3) is 10.9 Å². The second kappa shape index (κ2) is 6.98. The molecule has 0 aliphatic carbocycles. The number of rotatable bonds is 3. The van der Waals surface area contributed by atoms with Crippen LogP contribution in [0.1, 0.15) is 22.8 Å². The number of hydrogen-bond acceptors (Lipinski definition) is 5. The number of hydrogen-bond donors (Lipinski definition) is 1. The minimum atomic E-state index is -0.260. The number of nitrogens with zero attached hydrogens (tertiary/aromatic N) is 4. The van der Waals surface area contributed by atoms with Crippen molar-refractivity contribution < 1.29 is 4.79 Å². The molecule has 1 amide bonds. The first-order valence-electron chi connectivity index (χ1n) is 9.55. The summed E-state index contributed by atoms with van der Waals surface area (Å²) in [5.74, 6) is 0.343. The van der Waals surface area contributed by atoms with Crippen molar-refractivity contribution in [2.24, 2.45) is 0 Å². The van der Waals surface area contributed by atoms with Crippen LogP contribution in [0, 0.1) is 0 Å². The Morgan fingerprint density at radius 2 is 1.79 bits per heavy atom. The summed E-state index contributed by atoms with van der Waals surface area (Å²) in [6.45, 7) is 2.15. The van der Waals surface area contributed by atoms with Gasteiger partial charge in [0.05, 0.1) is 16.8 Å². The molecule has 142 valence electrons. The second-order valence-electron chi connectivity index (χ2n) is 7.16. The van der Waals surface area contributed by atoms with E-state index in [1.807, 2.05) is 42.5 Å². The van der Waals surface area contributed by atoms with Crippen LogP contribution in [0.2, 0.25) is 0 Å². The number of carbonyl (C=O) groups excluding carboxylic acids is 1. The highest BCUT2D eigenvalue weighted by Gasteiger charge is 2.28. The summed E-state index contributed by atoms with van der Waals surface area (Å²) in [5, 5.41) is 3.89. The van der Waals surface area contributed by atoms with E-state index in [2.05, 4.69) is 44.2 Å². The molecule has 1 aliphatic heterocycles. The largest absolute Gasteiger partial charge is 0.320 e. The van der Waals surface area contributed by atoms with Gasteiger partial charge in [0, 0.05) is 35.7 Å². The molecule has 0 saturated carbocycles. The Morgan fingerprint density at radius 3 is 2.66 bits per heavy atom. The first-order valence-corrected chi connectivity index (χ1v) is 9.55. The molecule has 1 unspecified atom stereocenters. The Bertz CT molecular complexity index is 1200. The predicted octanol–water partition coefficient (Wildman–Crippen LogP) is 4.36. The molecule has 2 aromatic carbocycles. The van der Waals surface area contributed by atoms with Gasteiger partial charge in [-0.05, 0) is 37.1 Å². The van der Waals surface area contributed by atoms with Crippen LogP contribution in [0.4, 0.5) is 17.3 Å². The Balaban J connectivity index is 1.40. The second-order valence-corrected chi connectivity index (χ2v) is 7.16. The molecule has 5 rings (SSSR count). The molecule has 0 radical (unpaired) electrons. The van der Waals surface area contributed by atoms with Crippen LogP contribution in [-0.4, -0.2) is 26.9 Å². The van der Waals surface area contributed by atoms with E-state index in [0.717, 1.165) is 23.0 Å². The van der Waals surface area contributed by atoms with E-state index in [-0.39, 0.29) is 11.9 Å². The molecular formula is C23H19N5O. The molecule has 0 spiro atoms. The van der Waals surface area contributed by atoms with Crippen LogP contribution < -0.4 is 10.2 Å². The van der Waals surface area contributed by atoms with Gasteiger partial charge in [-0.25, -0.2) is 9.97 Å². The fraction of sp³-hybridized carbons (Fsp3) is 0.130. The fourth-order valence-electron chi connectivity index (χ4n) is 3.83. The van der Waals surface area contributed by atoms with Gasteiger partial charge in [0.15, 0.2) is 0 Å². The number of amides is 1. The molecule has 6 heteroatoms. The lowest BCUT2D eigenvalue weighted by molar-refractivity contribution is 0.102. The monoisotopic (exact) mass is 381 g/mol. The molecule has 6 nitrogen and oxygen atoms in total. The fourth-order valence-corrected chi connectivity index (χ4v) is 3.83. The van der Waals surface area contributed by atoms with E-state index in [0.29, 0.717) is 17.2 Å². The quantitative estimate of drug-likeness (QED) is 0.571. The van der Waals surface area contributed by atoms with Crippen LogP contribution in [0.15, 0.2) is 73.2 Å². The molecule has 2 aromatic heterocycles. The number of fused-ring (bicyclic) bond motifs is 2. The van der Waals surface area contributed by atoms with Crippen molar-refractivity contribution in [2.75, 3.05) is 10.2 Å². The van der Waals surface area contributed by atoms with Crippen molar-refractivity contribution in [2.45, 2.75) is 19.4 Å². The van der Waals surface area contributed by atoms with Gasteiger partial charge in [0.2, 0.25) is 5.95 Å². The smallest absolute Gasteiger partial charge is 0.258 e. The van der Waals surface area contributed by atoms with Gasteiger partial charge in [-0.3, -0.25) is 9.78 Å². The summed E-state index contributed by atoms with van der Waals surface area (Å²) in [7, 11) is 0. The van der Waals surface area contributed by atoms with E-state index in [1.165, 1.54) is 5.56 Å². The number of pyridine rings is 1. The molecule has 0 saturated heterocycles. The maximum atomic E-state index is 12.7. The summed E-state index contributed by atoms with van der Waals surface area (Å²) in [4.78, 5) is 28.2. The van der Waals surface area contributed by atoms with Crippen LogP contribution in [0.3, 0.4) is 0 Å². The number of aromatic nitrogens is 3. The number of nitrogens with one attached hydrogen (secondary N) is 1. The summed E-state index contributed by atoms with van der Waals surface area (Å²) >= 11 is 0. The van der Waals surface area contributed by atoms with E-state index in [1.54, 1.807) is 18.6 Å². The third kappa shape index (κ3) is 3.08. The molecule has 1 aliphatic rings. The van der Waals surface area contributed by atoms with Crippen molar-refractivity contribution in [3.8, 4) is 0 Å². The van der Waals surface area contributed by atoms with Gasteiger partial charge in [-0.2, -0.15) is 0 Å². The predicted molar refractivity (Wildman–Crippen MR) is 113 cm³/mol. The summed E-state index contributed by atoms with van der Waals surface area (Å²) in [6.07, 6.45) is 5.81. The molecular weight excluding hydrogens is 362 g/mol. The highest BCUT2D eigenvalue weighted by atomic mass is 16.1. The Labute approximate surface area is 168 Å². The highest BCUT2D eigenvalue weighted by molar-refractivity contribution is 6.08. The summed E-state index contributed by atoms with van der Waals surface area (Å²) in [6, 6.07) is 18.1. The van der Waals surface area contributed by atoms with E-state index in [4.69, 9.17) is 0 Å². The minimum Gasteiger partial charge on any atom is -0.320 e. The Hall–Kier alpha value is -3.80. The highest BCUT2D eigenvalue weighted by Crippen LogP contribution is 2.36. The standard InChI is InChI=1S/C23H19N5O/c1-15-12-17-6-2-3-10-20(17)28(15)23-25-13-18(14-26-23)22(29)27-19-9-4-7-16-8-5-11-24-21(16)19/h2-11,13-15H,12H2,1H3,(H,27,29). The number of para-hydroxylation sites is 2. The van der Waals surface area contributed by atoms with Crippen LogP contribution in [-0.2, 0) is 6.42 Å². The molecule has 0 fully saturated rings. The minimum absolute atomic E-state index is 0.260. The Kier molecular flexibility index (Phi) is 4.17. The third-order valence-corrected chi connectivity index (χ3v) is 5.20. The van der Waals surface area contributed by atoms with E-state index >= 15 is 0 Å². The van der Waals surface area contributed by atoms with Gasteiger partial charge in [-0.1, -0.05) is 36.4 Å². The zero-order valence-corrected chi connectivity index (χ0v) is 15.9. The first kappa shape index (κ1) is 17.3. The summed E-state index contributed by atoms with van der Waals surface area (Å²) in [5.41, 5.74) is 4.23. The van der Waals surface area contributed by atoms with Gasteiger partial charge in [0.25, 0.3) is 5.91 Å². The molecule has 29 heavy (non-hydrogen) atoms. The van der Waals surface area contributed by atoms with Gasteiger partial charge in [0.1, 0.15) is 0 Å². The van der Waals surface area contributed by atoms with E-state index < -0.39 is 0 Å². The zero-order valence-electron chi connectivity index (χ0n) is 15.9. The zero-order chi connectivity index (χ0) is 19.8. The van der Waals surface area contributed by atoms with Crippen molar-refractivity contribution in [3.05, 3.63) is 84.3 Å². The normalized spacial score (nSPS) is 15.3. The lowest BCUT2D eigenvalue weighted by Crippen LogP contribution is -2.26. The van der Waals surface area contributed by atoms with Crippen LogP contribution in [0.5, 0.6) is 0 Å². The lowest BCUT2D eigenvalue weighted by atomic mass is 10.1. The first-order chi connectivity index (χ1) is 14.2. The Morgan fingerprint density at radius 1 is 1.00 bits per heavy atom. The van der Waals surface area contributed by atoms with Gasteiger partial charge >= 0.3 is 0 Å². The molecule has 1 N–H and O–H groups in total. The van der Waals surface area contributed by atoms with Crippen molar-refractivity contribution in [1.82, 2.24) is 15.0 Å². The number of benzene rings is 2. The molecule has 1 atom stereocenters. The number of anilines is 3.